The Morgan fingerprint density at radius 1 is 1.29 bits per heavy atom. The molecule has 0 bridgehead atoms. The van der Waals surface area contributed by atoms with Crippen LogP contribution in [0.2, 0.25) is 0 Å². The highest BCUT2D eigenvalue weighted by atomic mass is 35.5. The molecule has 0 aliphatic carbocycles. The summed E-state index contributed by atoms with van der Waals surface area (Å²) in [7, 11) is 0. The van der Waals surface area contributed by atoms with E-state index in [-0.39, 0.29) is 18.0 Å². The van der Waals surface area contributed by atoms with Crippen LogP contribution in [-0.4, -0.2) is 13.0 Å². The number of hydrogen-bond donors (Lipinski definition) is 1. The van der Waals surface area contributed by atoms with Crippen molar-refractivity contribution in [3.05, 3.63) is 29.6 Å². The summed E-state index contributed by atoms with van der Waals surface area (Å²) in [6, 6.07) is 0.952. The first-order chi connectivity index (χ1) is 7.33. The maximum atomic E-state index is 13.1. The first-order valence-electron chi connectivity index (χ1n) is 4.20. The molecule has 0 radical (unpaired) electrons. The molecule has 98 valence electrons. The Kier molecular flexibility index (Phi) is 5.63. The second kappa shape index (κ2) is 6.02. The minimum absolute atomic E-state index is 0. The van der Waals surface area contributed by atoms with Gasteiger partial charge in [0.1, 0.15) is 18.2 Å². The fourth-order valence-corrected chi connectivity index (χ4v) is 1.09. The molecule has 1 aromatic carbocycles. The minimum atomic E-state index is -4.88. The van der Waals surface area contributed by atoms with Crippen molar-refractivity contribution in [2.24, 2.45) is 5.73 Å². The lowest BCUT2D eigenvalue weighted by Crippen LogP contribution is -2.18. The van der Waals surface area contributed by atoms with Gasteiger partial charge in [-0.15, -0.1) is 25.6 Å². The van der Waals surface area contributed by atoms with E-state index < -0.39 is 30.6 Å². The molecule has 8 heteroatoms. The summed E-state index contributed by atoms with van der Waals surface area (Å²) in [6.07, 6.45) is -4.88. The SMILES string of the molecule is Cl.N[C@@H](CF)c1cc(OC(F)(F)F)ccc1F. The van der Waals surface area contributed by atoms with Gasteiger partial charge in [0.2, 0.25) is 0 Å². The van der Waals surface area contributed by atoms with E-state index in [2.05, 4.69) is 4.74 Å². The Morgan fingerprint density at radius 3 is 2.35 bits per heavy atom. The van der Waals surface area contributed by atoms with Crippen molar-refractivity contribution in [1.29, 1.82) is 0 Å². The van der Waals surface area contributed by atoms with Crippen LogP contribution in [0.15, 0.2) is 18.2 Å². The van der Waals surface area contributed by atoms with E-state index in [1.165, 1.54) is 0 Å². The molecule has 0 aliphatic rings. The summed E-state index contributed by atoms with van der Waals surface area (Å²) in [5.74, 6) is -1.51. The van der Waals surface area contributed by atoms with Crippen LogP contribution in [0.1, 0.15) is 11.6 Å². The highest BCUT2D eigenvalue weighted by molar-refractivity contribution is 5.85. The first kappa shape index (κ1) is 15.9. The third kappa shape index (κ3) is 4.74. The molecule has 2 N–H and O–H groups in total. The molecule has 0 saturated carbocycles. The molecule has 0 fully saturated rings. The third-order valence-electron chi connectivity index (χ3n) is 1.77. The van der Waals surface area contributed by atoms with Crippen LogP contribution in [0.4, 0.5) is 22.0 Å². The van der Waals surface area contributed by atoms with Crippen molar-refractivity contribution in [2.75, 3.05) is 6.67 Å². The van der Waals surface area contributed by atoms with Gasteiger partial charge in [-0.1, -0.05) is 0 Å². The molecule has 0 heterocycles. The highest BCUT2D eigenvalue weighted by Crippen LogP contribution is 2.26. The number of alkyl halides is 4. The molecule has 0 amide bonds. The molecular weight excluding hydrogens is 269 g/mol. The normalized spacial score (nSPS) is 12.8. The van der Waals surface area contributed by atoms with Gasteiger partial charge in [-0.05, 0) is 18.2 Å². The van der Waals surface area contributed by atoms with Crippen LogP contribution in [-0.2, 0) is 0 Å². The Morgan fingerprint density at radius 2 is 1.88 bits per heavy atom. The van der Waals surface area contributed by atoms with E-state index in [4.69, 9.17) is 5.73 Å². The lowest BCUT2D eigenvalue weighted by atomic mass is 10.1. The van der Waals surface area contributed by atoms with Gasteiger partial charge in [0.15, 0.2) is 0 Å². The fourth-order valence-electron chi connectivity index (χ4n) is 1.09. The van der Waals surface area contributed by atoms with Crippen LogP contribution in [0.5, 0.6) is 5.75 Å². The lowest BCUT2D eigenvalue weighted by molar-refractivity contribution is -0.274. The smallest absolute Gasteiger partial charge is 0.406 e. The summed E-state index contributed by atoms with van der Waals surface area (Å²) in [6.45, 7) is -1.08. The fraction of sp³-hybridized carbons (Fsp3) is 0.333. The van der Waals surface area contributed by atoms with E-state index >= 15 is 0 Å². The third-order valence-corrected chi connectivity index (χ3v) is 1.77. The molecule has 0 aromatic heterocycles. The zero-order chi connectivity index (χ0) is 12.3. The lowest BCUT2D eigenvalue weighted by Gasteiger charge is -2.13. The zero-order valence-electron chi connectivity index (χ0n) is 8.30. The number of benzene rings is 1. The maximum Gasteiger partial charge on any atom is 0.573 e. The second-order valence-corrected chi connectivity index (χ2v) is 2.99. The average Bonchev–Trinajstić information content (AvgIpc) is 2.18. The standard InChI is InChI=1S/C9H8F5NO.ClH/c10-4-8(15)6-3-5(1-2-7(6)11)16-9(12,13)14;/h1-3,8H,4,15H2;1H/t8-;/m0./s1. The maximum absolute atomic E-state index is 13.1. The van der Waals surface area contributed by atoms with E-state index in [1.54, 1.807) is 0 Å². The number of rotatable bonds is 3. The summed E-state index contributed by atoms with van der Waals surface area (Å²) in [4.78, 5) is 0. The van der Waals surface area contributed by atoms with Gasteiger partial charge in [-0.2, -0.15) is 0 Å². The van der Waals surface area contributed by atoms with Crippen LogP contribution in [0, 0.1) is 5.82 Å². The Hall–Kier alpha value is -1.08. The summed E-state index contributed by atoms with van der Waals surface area (Å²) in [5.41, 5.74) is 4.82. The first-order valence-corrected chi connectivity index (χ1v) is 4.20. The van der Waals surface area contributed by atoms with Gasteiger partial charge >= 0.3 is 6.36 Å². The van der Waals surface area contributed by atoms with Crippen molar-refractivity contribution in [3.8, 4) is 5.75 Å². The van der Waals surface area contributed by atoms with Crippen LogP contribution in [0.25, 0.3) is 0 Å². The predicted octanol–water partition coefficient (Wildman–Crippen LogP) is 3.12. The van der Waals surface area contributed by atoms with E-state index in [1.807, 2.05) is 0 Å². The molecule has 17 heavy (non-hydrogen) atoms. The van der Waals surface area contributed by atoms with Crippen molar-refractivity contribution < 1.29 is 26.7 Å². The molecule has 1 rings (SSSR count). The number of halogens is 6. The second-order valence-electron chi connectivity index (χ2n) is 2.99. The quantitative estimate of drug-likeness (QED) is 0.862. The van der Waals surface area contributed by atoms with E-state index in [0.29, 0.717) is 0 Å². The summed E-state index contributed by atoms with van der Waals surface area (Å²) in [5, 5.41) is 0. The molecule has 1 atom stereocenters. The average molecular weight is 278 g/mol. The highest BCUT2D eigenvalue weighted by Gasteiger charge is 2.31. The molecular formula is C9H9ClF5NO. The van der Waals surface area contributed by atoms with Crippen LogP contribution in [0.3, 0.4) is 0 Å². The number of ether oxygens (including phenoxy) is 1. The predicted molar refractivity (Wildman–Crippen MR) is 53.2 cm³/mol. The monoisotopic (exact) mass is 277 g/mol. The van der Waals surface area contributed by atoms with E-state index in [9.17, 15) is 22.0 Å². The molecule has 1 aromatic rings. The van der Waals surface area contributed by atoms with Crippen molar-refractivity contribution in [3.63, 3.8) is 0 Å². The van der Waals surface area contributed by atoms with Gasteiger partial charge in [0.05, 0.1) is 6.04 Å². The number of nitrogens with two attached hydrogens (primary N) is 1. The Balaban J connectivity index is 0.00000256. The molecule has 0 saturated heterocycles. The van der Waals surface area contributed by atoms with Gasteiger partial charge in [-0.3, -0.25) is 0 Å². The van der Waals surface area contributed by atoms with Gasteiger partial charge in [-0.25, -0.2) is 8.78 Å². The largest absolute Gasteiger partial charge is 0.573 e. The van der Waals surface area contributed by atoms with Crippen LogP contribution >= 0.6 is 12.4 Å². The minimum Gasteiger partial charge on any atom is -0.406 e. The Bertz CT molecular complexity index is 371. The topological polar surface area (TPSA) is 35.2 Å². The molecule has 0 aliphatic heterocycles. The molecule has 2 nitrogen and oxygen atoms in total. The van der Waals surface area contributed by atoms with Gasteiger partial charge in [0.25, 0.3) is 0 Å². The van der Waals surface area contributed by atoms with Gasteiger partial charge < -0.3 is 10.5 Å². The van der Waals surface area contributed by atoms with Crippen molar-refractivity contribution in [2.45, 2.75) is 12.4 Å². The van der Waals surface area contributed by atoms with Crippen molar-refractivity contribution in [1.82, 2.24) is 0 Å². The number of hydrogen-bond acceptors (Lipinski definition) is 2. The summed E-state index contributed by atoms with van der Waals surface area (Å²) < 4.78 is 64.3. The van der Waals surface area contributed by atoms with Gasteiger partial charge in [0, 0.05) is 5.56 Å². The molecule has 0 unspecified atom stereocenters. The van der Waals surface area contributed by atoms with E-state index in [0.717, 1.165) is 18.2 Å². The van der Waals surface area contributed by atoms with Crippen molar-refractivity contribution >= 4 is 12.4 Å². The Labute approximate surface area is 100.0 Å². The summed E-state index contributed by atoms with van der Waals surface area (Å²) >= 11 is 0. The molecule has 0 spiro atoms. The zero-order valence-corrected chi connectivity index (χ0v) is 9.12. The van der Waals surface area contributed by atoms with Crippen LogP contribution < -0.4 is 10.5 Å².